The molecule has 1 rings (SSSR count). The Labute approximate surface area is 216 Å². The van der Waals surface area contributed by atoms with Crippen molar-refractivity contribution in [2.45, 2.75) is 174 Å². The third-order valence-corrected chi connectivity index (χ3v) is 7.70. The van der Waals surface area contributed by atoms with Gasteiger partial charge >= 0.3 is 0 Å². The molecule has 1 aliphatic rings. The summed E-state index contributed by atoms with van der Waals surface area (Å²) in [5.41, 5.74) is 0. The lowest BCUT2D eigenvalue weighted by molar-refractivity contribution is 0.257. The Morgan fingerprint density at radius 1 is 0.353 bits per heavy atom. The molecule has 0 aromatic rings. The Morgan fingerprint density at radius 2 is 0.588 bits per heavy atom. The van der Waals surface area contributed by atoms with Crippen molar-refractivity contribution in [2.24, 2.45) is 0 Å². The van der Waals surface area contributed by atoms with Crippen molar-refractivity contribution in [3.05, 3.63) is 12.4 Å². The summed E-state index contributed by atoms with van der Waals surface area (Å²) >= 11 is 0. The molecule has 1 heterocycles. The molecule has 0 fully saturated rings. The first-order valence-electron chi connectivity index (χ1n) is 16.0. The van der Waals surface area contributed by atoms with Gasteiger partial charge in [0.2, 0.25) is 0 Å². The quantitative estimate of drug-likeness (QED) is 0.109. The molecule has 0 unspecified atom stereocenters. The fraction of sp³-hybridized carbons (Fsp3) is 0.938. The van der Waals surface area contributed by atoms with E-state index in [1.165, 1.54) is 174 Å². The van der Waals surface area contributed by atoms with E-state index in [2.05, 4.69) is 36.0 Å². The number of hydrogen-bond donors (Lipinski definition) is 0. The van der Waals surface area contributed by atoms with E-state index in [0.29, 0.717) is 0 Å². The van der Waals surface area contributed by atoms with E-state index in [1.807, 2.05) is 0 Å². The van der Waals surface area contributed by atoms with Gasteiger partial charge in [-0.3, -0.25) is 0 Å². The fourth-order valence-corrected chi connectivity index (χ4v) is 5.30. The van der Waals surface area contributed by atoms with Crippen LogP contribution >= 0.6 is 0 Å². The summed E-state index contributed by atoms with van der Waals surface area (Å²) in [5.74, 6) is 0. The second kappa shape index (κ2) is 25.4. The molecular formula is C32H64N2. The minimum Gasteiger partial charge on any atom is -0.359 e. The van der Waals surface area contributed by atoms with Crippen LogP contribution in [0, 0.1) is 0 Å². The molecule has 0 saturated heterocycles. The van der Waals surface area contributed by atoms with Gasteiger partial charge in [-0.15, -0.1) is 0 Å². The largest absolute Gasteiger partial charge is 0.359 e. The third-order valence-electron chi connectivity index (χ3n) is 7.70. The van der Waals surface area contributed by atoms with Crippen LogP contribution in [0.25, 0.3) is 0 Å². The summed E-state index contributed by atoms with van der Waals surface area (Å²) in [6, 6.07) is 0. The second-order valence-electron chi connectivity index (χ2n) is 11.2. The van der Waals surface area contributed by atoms with Crippen molar-refractivity contribution in [1.29, 1.82) is 0 Å². The van der Waals surface area contributed by atoms with E-state index in [-0.39, 0.29) is 0 Å². The van der Waals surface area contributed by atoms with E-state index < -0.39 is 0 Å². The summed E-state index contributed by atoms with van der Waals surface area (Å²) in [6.45, 7) is 8.25. The Hall–Kier alpha value is -0.660. The van der Waals surface area contributed by atoms with E-state index in [0.717, 1.165) is 6.67 Å². The Morgan fingerprint density at radius 3 is 0.853 bits per heavy atom. The number of nitrogens with zero attached hydrogens (tertiary/aromatic N) is 2. The van der Waals surface area contributed by atoms with Crippen molar-refractivity contribution >= 4 is 0 Å². The lowest BCUT2D eigenvalue weighted by Crippen LogP contribution is -2.26. The van der Waals surface area contributed by atoms with Crippen LogP contribution in [0.15, 0.2) is 12.4 Å². The molecular weight excluding hydrogens is 412 g/mol. The van der Waals surface area contributed by atoms with Crippen molar-refractivity contribution in [2.75, 3.05) is 19.8 Å². The molecule has 0 saturated carbocycles. The summed E-state index contributed by atoms with van der Waals surface area (Å²) in [6.07, 6.45) is 40.7. The molecule has 0 aromatic heterocycles. The lowest BCUT2D eigenvalue weighted by atomic mass is 10.0. The zero-order valence-electron chi connectivity index (χ0n) is 23.8. The molecule has 0 bridgehead atoms. The van der Waals surface area contributed by atoms with Gasteiger partial charge in [0.05, 0.1) is 6.67 Å². The first-order chi connectivity index (χ1) is 16.9. The van der Waals surface area contributed by atoms with Crippen molar-refractivity contribution < 1.29 is 0 Å². The van der Waals surface area contributed by atoms with Crippen molar-refractivity contribution in [1.82, 2.24) is 9.80 Å². The van der Waals surface area contributed by atoms with Crippen LogP contribution in [0.2, 0.25) is 0 Å². The molecule has 34 heavy (non-hydrogen) atoms. The van der Waals surface area contributed by atoms with E-state index in [9.17, 15) is 0 Å². The predicted octanol–water partition coefficient (Wildman–Crippen LogP) is 10.8. The van der Waals surface area contributed by atoms with Gasteiger partial charge in [-0.1, -0.05) is 162 Å². The standard InChI is InChI=1S/C32H64N2/c1-3-5-7-9-11-13-15-17-19-21-23-25-27-29-34-31-30-33(32-34)28-26-24-22-20-18-16-14-12-10-8-6-4-2/h30-31H,3-29,32H2,1-2H3. The number of rotatable bonds is 27. The van der Waals surface area contributed by atoms with Gasteiger partial charge in [0.25, 0.3) is 0 Å². The molecule has 0 aromatic carbocycles. The summed E-state index contributed by atoms with van der Waals surface area (Å²) in [4.78, 5) is 5.05. The fourth-order valence-electron chi connectivity index (χ4n) is 5.30. The Bertz CT molecular complexity index is 419. The highest BCUT2D eigenvalue weighted by Gasteiger charge is 2.10. The second-order valence-corrected chi connectivity index (χ2v) is 11.2. The van der Waals surface area contributed by atoms with E-state index in [4.69, 9.17) is 0 Å². The van der Waals surface area contributed by atoms with Gasteiger partial charge in [0.1, 0.15) is 0 Å². The molecule has 2 heteroatoms. The maximum Gasteiger partial charge on any atom is 0.0893 e. The maximum atomic E-state index is 2.53. The minimum atomic E-state index is 1.14. The van der Waals surface area contributed by atoms with Crippen LogP contribution in [-0.2, 0) is 0 Å². The Kier molecular flexibility index (Phi) is 23.5. The van der Waals surface area contributed by atoms with Crippen LogP contribution in [-0.4, -0.2) is 29.6 Å². The Balaban J connectivity index is 1.76. The first-order valence-corrected chi connectivity index (χ1v) is 16.0. The highest BCUT2D eigenvalue weighted by Crippen LogP contribution is 2.15. The van der Waals surface area contributed by atoms with Crippen LogP contribution in [0.5, 0.6) is 0 Å². The number of hydrogen-bond acceptors (Lipinski definition) is 2. The first kappa shape index (κ1) is 31.4. The molecule has 0 radical (unpaired) electrons. The molecule has 1 aliphatic heterocycles. The van der Waals surface area contributed by atoms with Gasteiger partial charge in [0.15, 0.2) is 0 Å². The zero-order valence-corrected chi connectivity index (χ0v) is 23.8. The molecule has 0 aliphatic carbocycles. The van der Waals surface area contributed by atoms with E-state index >= 15 is 0 Å². The monoisotopic (exact) mass is 477 g/mol. The van der Waals surface area contributed by atoms with Gasteiger partial charge in [0, 0.05) is 25.5 Å². The topological polar surface area (TPSA) is 6.48 Å². The lowest BCUT2D eigenvalue weighted by Gasteiger charge is -2.21. The highest BCUT2D eigenvalue weighted by atomic mass is 15.3. The van der Waals surface area contributed by atoms with Gasteiger partial charge in [-0.05, 0) is 12.8 Å². The summed E-state index contributed by atoms with van der Waals surface area (Å²) in [5, 5.41) is 0. The molecule has 0 spiro atoms. The molecule has 2 nitrogen and oxygen atoms in total. The maximum absolute atomic E-state index is 2.53. The van der Waals surface area contributed by atoms with Crippen LogP contribution in [0.1, 0.15) is 174 Å². The minimum absolute atomic E-state index is 1.14. The average Bonchev–Trinajstić information content (AvgIpc) is 3.30. The van der Waals surface area contributed by atoms with E-state index in [1.54, 1.807) is 0 Å². The SMILES string of the molecule is CCCCCCCCCCCCCCCN1C=CN(CCCCCCCCCCCCCC)C1. The van der Waals surface area contributed by atoms with Crippen molar-refractivity contribution in [3.8, 4) is 0 Å². The van der Waals surface area contributed by atoms with Crippen LogP contribution < -0.4 is 0 Å². The van der Waals surface area contributed by atoms with Gasteiger partial charge in [-0.25, -0.2) is 0 Å². The normalized spacial score (nSPS) is 13.5. The molecule has 0 amide bonds. The number of unbranched alkanes of at least 4 members (excludes halogenated alkanes) is 23. The summed E-state index contributed by atoms with van der Waals surface area (Å²) < 4.78 is 0. The predicted molar refractivity (Wildman–Crippen MR) is 154 cm³/mol. The van der Waals surface area contributed by atoms with Gasteiger partial charge < -0.3 is 9.80 Å². The molecule has 202 valence electrons. The summed E-state index contributed by atoms with van der Waals surface area (Å²) in [7, 11) is 0. The smallest absolute Gasteiger partial charge is 0.0893 e. The molecule has 0 atom stereocenters. The zero-order chi connectivity index (χ0) is 24.4. The third kappa shape index (κ3) is 20.7. The average molecular weight is 477 g/mol. The van der Waals surface area contributed by atoms with Gasteiger partial charge in [-0.2, -0.15) is 0 Å². The molecule has 0 N–H and O–H groups in total. The van der Waals surface area contributed by atoms with Crippen molar-refractivity contribution in [3.63, 3.8) is 0 Å². The van der Waals surface area contributed by atoms with Crippen LogP contribution in [0.4, 0.5) is 0 Å². The highest BCUT2D eigenvalue weighted by molar-refractivity contribution is 4.90. The van der Waals surface area contributed by atoms with Crippen LogP contribution in [0.3, 0.4) is 0 Å².